The van der Waals surface area contributed by atoms with Crippen LogP contribution in [0.15, 0.2) is 0 Å². The molecule has 0 radical (unpaired) electrons. The lowest BCUT2D eigenvalue weighted by atomic mass is 9.43. The summed E-state index contributed by atoms with van der Waals surface area (Å²) in [5.41, 5.74) is 0.729. The van der Waals surface area contributed by atoms with Crippen molar-refractivity contribution in [2.24, 2.45) is 46.3 Å². The van der Waals surface area contributed by atoms with Crippen LogP contribution in [-0.4, -0.2) is 11.2 Å². The summed E-state index contributed by atoms with van der Waals surface area (Å²) in [6, 6.07) is 2.65. The molecule has 9 unspecified atom stereocenters. The van der Waals surface area contributed by atoms with Gasteiger partial charge in [-0.1, -0.05) is 27.2 Å². The fourth-order valence-electron chi connectivity index (χ4n) is 8.27. The van der Waals surface area contributed by atoms with Crippen molar-refractivity contribution in [3.63, 3.8) is 0 Å². The van der Waals surface area contributed by atoms with Crippen molar-refractivity contribution in [2.45, 2.75) is 84.7 Å². The molecule has 1 N–H and O–H groups in total. The molecule has 4 saturated carbocycles. The number of fused-ring (bicyclic) bond motifs is 5. The van der Waals surface area contributed by atoms with Gasteiger partial charge in [-0.05, 0) is 91.8 Å². The van der Waals surface area contributed by atoms with Crippen LogP contribution in [0, 0.1) is 57.7 Å². The number of nitrogens with zero attached hydrogens (tertiary/aromatic N) is 1. The Labute approximate surface area is 148 Å². The maximum atomic E-state index is 10.5. The van der Waals surface area contributed by atoms with Crippen LogP contribution in [-0.2, 0) is 0 Å². The molecule has 4 aliphatic carbocycles. The highest BCUT2D eigenvalue weighted by Gasteiger charge is 2.61. The zero-order valence-corrected chi connectivity index (χ0v) is 15.8. The minimum atomic E-state index is -0.0621. The van der Waals surface area contributed by atoms with Crippen LogP contribution in [0.3, 0.4) is 0 Å². The predicted octanol–water partition coefficient (Wildman–Crippen LogP) is 5.17. The van der Waals surface area contributed by atoms with Crippen LogP contribution in [0.1, 0.15) is 78.6 Å². The predicted molar refractivity (Wildman–Crippen MR) is 96.0 cm³/mol. The number of aliphatic hydroxyl groups excluding tert-OH is 1. The Bertz CT molecular complexity index is 539. The first kappa shape index (κ1) is 16.9. The molecule has 0 aromatic carbocycles. The van der Waals surface area contributed by atoms with Crippen LogP contribution in [0.5, 0.6) is 0 Å². The van der Waals surface area contributed by atoms with Crippen molar-refractivity contribution < 1.29 is 5.11 Å². The van der Waals surface area contributed by atoms with E-state index in [-0.39, 0.29) is 11.5 Å². The van der Waals surface area contributed by atoms with Crippen molar-refractivity contribution in [1.29, 1.82) is 5.26 Å². The maximum absolute atomic E-state index is 10.5. The van der Waals surface area contributed by atoms with Gasteiger partial charge in [0.1, 0.15) is 0 Å². The molecule has 4 fully saturated rings. The van der Waals surface area contributed by atoms with Gasteiger partial charge in [-0.2, -0.15) is 5.26 Å². The van der Waals surface area contributed by atoms with Crippen molar-refractivity contribution >= 4 is 0 Å². The molecule has 2 heteroatoms. The molecule has 4 rings (SSSR count). The lowest BCUT2D eigenvalue weighted by Crippen LogP contribution is -2.56. The van der Waals surface area contributed by atoms with Crippen LogP contribution >= 0.6 is 0 Å². The number of aliphatic hydroxyl groups is 1. The standard InChI is InChI=1S/C22H35NO/c1-4-15-17-8-6-16-18-7-5-14(13-23)21(18,2)11-9-19(16)22(17,3)12-10-20(15)24/h14-20,24H,4-12H2,1-3H3. The first-order chi connectivity index (χ1) is 11.5. The smallest absolute Gasteiger partial charge is 0.0661 e. The van der Waals surface area contributed by atoms with Gasteiger partial charge in [0.05, 0.1) is 18.1 Å². The fourth-order valence-corrected chi connectivity index (χ4v) is 8.27. The monoisotopic (exact) mass is 329 g/mol. The Morgan fingerprint density at radius 1 is 0.917 bits per heavy atom. The summed E-state index contributed by atoms with van der Waals surface area (Å²) in [6.45, 7) is 7.28. The highest BCUT2D eigenvalue weighted by molar-refractivity contribution is 5.13. The minimum absolute atomic E-state index is 0.0621. The average Bonchev–Trinajstić information content (AvgIpc) is 2.91. The van der Waals surface area contributed by atoms with E-state index < -0.39 is 0 Å². The largest absolute Gasteiger partial charge is 0.393 e. The molecular weight excluding hydrogens is 294 g/mol. The van der Waals surface area contributed by atoms with Gasteiger partial charge in [-0.25, -0.2) is 0 Å². The van der Waals surface area contributed by atoms with Gasteiger partial charge < -0.3 is 5.11 Å². The van der Waals surface area contributed by atoms with E-state index in [0.717, 1.165) is 42.9 Å². The number of rotatable bonds is 1. The quantitative estimate of drug-likeness (QED) is 0.721. The zero-order chi connectivity index (χ0) is 17.1. The third-order valence-corrected chi connectivity index (χ3v) is 9.56. The number of nitriles is 1. The molecule has 0 bridgehead atoms. The third kappa shape index (κ3) is 2.09. The van der Waals surface area contributed by atoms with Crippen LogP contribution in [0.4, 0.5) is 0 Å². The molecule has 0 amide bonds. The highest BCUT2D eigenvalue weighted by atomic mass is 16.3. The Balaban J connectivity index is 1.64. The van der Waals surface area contributed by atoms with Gasteiger partial charge >= 0.3 is 0 Å². The van der Waals surface area contributed by atoms with Gasteiger partial charge in [0, 0.05) is 0 Å². The van der Waals surface area contributed by atoms with E-state index in [1.807, 2.05) is 0 Å². The molecule has 0 aromatic rings. The average molecular weight is 330 g/mol. The molecule has 134 valence electrons. The second-order valence-electron chi connectivity index (χ2n) is 10.0. The molecule has 0 aliphatic heterocycles. The summed E-state index contributed by atoms with van der Waals surface area (Å²) in [6.07, 6.45) is 11.0. The van der Waals surface area contributed by atoms with Gasteiger partial charge in [-0.3, -0.25) is 0 Å². The molecular formula is C22H35NO. The van der Waals surface area contributed by atoms with E-state index in [0.29, 0.717) is 17.3 Å². The second kappa shape index (κ2) is 5.73. The minimum Gasteiger partial charge on any atom is -0.393 e. The Morgan fingerprint density at radius 2 is 1.58 bits per heavy atom. The molecule has 2 nitrogen and oxygen atoms in total. The lowest BCUT2D eigenvalue weighted by molar-refractivity contribution is -0.149. The topological polar surface area (TPSA) is 44.0 Å². The molecule has 0 heterocycles. The van der Waals surface area contributed by atoms with Gasteiger partial charge in [0.25, 0.3) is 0 Å². The number of hydrogen-bond acceptors (Lipinski definition) is 2. The first-order valence-corrected chi connectivity index (χ1v) is 10.5. The van der Waals surface area contributed by atoms with E-state index in [1.165, 1.54) is 38.5 Å². The molecule has 9 atom stereocenters. The van der Waals surface area contributed by atoms with Crippen LogP contribution < -0.4 is 0 Å². The maximum Gasteiger partial charge on any atom is 0.0661 e. The molecule has 0 spiro atoms. The Hall–Kier alpha value is -0.550. The normalized spacial score (nSPS) is 56.7. The fraction of sp³-hybridized carbons (Fsp3) is 0.955. The van der Waals surface area contributed by atoms with Crippen LogP contribution in [0.25, 0.3) is 0 Å². The summed E-state index contributed by atoms with van der Waals surface area (Å²) in [7, 11) is 0. The molecule has 4 aliphatic rings. The van der Waals surface area contributed by atoms with E-state index in [2.05, 4.69) is 26.8 Å². The Kier molecular flexibility index (Phi) is 4.03. The zero-order valence-electron chi connectivity index (χ0n) is 15.8. The van der Waals surface area contributed by atoms with E-state index in [1.54, 1.807) is 0 Å². The summed E-state index contributed by atoms with van der Waals surface area (Å²) >= 11 is 0. The summed E-state index contributed by atoms with van der Waals surface area (Å²) in [4.78, 5) is 0. The molecule has 24 heavy (non-hydrogen) atoms. The van der Waals surface area contributed by atoms with Gasteiger partial charge in [-0.15, -0.1) is 0 Å². The lowest BCUT2D eigenvalue weighted by Gasteiger charge is -2.62. The van der Waals surface area contributed by atoms with Crippen LogP contribution in [0.2, 0.25) is 0 Å². The van der Waals surface area contributed by atoms with E-state index >= 15 is 0 Å². The number of hydrogen-bond donors (Lipinski definition) is 1. The molecule has 0 saturated heterocycles. The van der Waals surface area contributed by atoms with Crippen molar-refractivity contribution in [3.05, 3.63) is 0 Å². The highest BCUT2D eigenvalue weighted by Crippen LogP contribution is 2.68. The van der Waals surface area contributed by atoms with E-state index in [4.69, 9.17) is 0 Å². The van der Waals surface area contributed by atoms with Crippen molar-refractivity contribution in [2.75, 3.05) is 0 Å². The molecule has 0 aromatic heterocycles. The summed E-state index contributed by atoms with van der Waals surface area (Å²) in [5.74, 6) is 4.01. The summed E-state index contributed by atoms with van der Waals surface area (Å²) < 4.78 is 0. The Morgan fingerprint density at radius 3 is 2.29 bits per heavy atom. The first-order valence-electron chi connectivity index (χ1n) is 10.5. The van der Waals surface area contributed by atoms with Crippen molar-refractivity contribution in [3.8, 4) is 6.07 Å². The second-order valence-corrected chi connectivity index (χ2v) is 10.0. The van der Waals surface area contributed by atoms with Gasteiger partial charge in [0.2, 0.25) is 0 Å². The third-order valence-electron chi connectivity index (χ3n) is 9.56. The van der Waals surface area contributed by atoms with E-state index in [9.17, 15) is 10.4 Å². The summed E-state index contributed by atoms with van der Waals surface area (Å²) in [5, 5.41) is 20.2. The van der Waals surface area contributed by atoms with Gasteiger partial charge in [0.15, 0.2) is 0 Å². The van der Waals surface area contributed by atoms with Crippen molar-refractivity contribution in [1.82, 2.24) is 0 Å². The SMILES string of the molecule is CCC1C(O)CCC2(C)C1CCC1C3CCC(C#N)C3(C)CCC12.